The molecule has 1 atom stereocenters. The summed E-state index contributed by atoms with van der Waals surface area (Å²) >= 11 is 3.02. The first kappa shape index (κ1) is 16.4. The summed E-state index contributed by atoms with van der Waals surface area (Å²) in [5.74, 6) is -1.85. The highest BCUT2D eigenvalue weighted by molar-refractivity contribution is 9.10. The minimum absolute atomic E-state index is 0.0312. The van der Waals surface area contributed by atoms with Crippen LogP contribution in [0.4, 0.5) is 8.78 Å². The summed E-state index contributed by atoms with van der Waals surface area (Å²) in [7, 11) is 0. The van der Waals surface area contributed by atoms with Crippen LogP contribution in [0.25, 0.3) is 10.9 Å². The van der Waals surface area contributed by atoms with E-state index in [1.807, 2.05) is 0 Å². The highest BCUT2D eigenvalue weighted by Gasteiger charge is 2.25. The smallest absolute Gasteiger partial charge is 0.265 e. The molecule has 0 radical (unpaired) electrons. The maximum atomic E-state index is 14.3. The first-order valence-corrected chi connectivity index (χ1v) is 7.81. The molecule has 0 aliphatic heterocycles. The summed E-state index contributed by atoms with van der Waals surface area (Å²) in [4.78, 5) is 28.8. The third-order valence-electron chi connectivity index (χ3n) is 3.71. The molecule has 0 amide bonds. The standard InChI is InChI=1S/C17H11BrF2N2O2/c1-9(23)16(10-4-2-3-5-12(10)19)22-8-21-13-7-6-11(18)15(20)14(13)17(22)24/h2-8,16H,1H3. The van der Waals surface area contributed by atoms with Crippen LogP contribution in [0.3, 0.4) is 0 Å². The van der Waals surface area contributed by atoms with Gasteiger partial charge in [0.25, 0.3) is 5.56 Å². The Kier molecular flexibility index (Phi) is 4.28. The number of nitrogens with zero attached hydrogens (tertiary/aromatic N) is 2. The fraction of sp³-hybridized carbons (Fsp3) is 0.118. The number of hydrogen-bond acceptors (Lipinski definition) is 3. The second kappa shape index (κ2) is 6.24. The number of aromatic nitrogens is 2. The predicted octanol–water partition coefficient (Wildman–Crippen LogP) is 3.62. The van der Waals surface area contributed by atoms with Crippen molar-refractivity contribution in [2.24, 2.45) is 0 Å². The number of ketones is 1. The van der Waals surface area contributed by atoms with Crippen LogP contribution in [0.5, 0.6) is 0 Å². The lowest BCUT2D eigenvalue weighted by molar-refractivity contribution is -0.119. The summed E-state index contributed by atoms with van der Waals surface area (Å²) in [6, 6.07) is 7.36. The largest absolute Gasteiger partial charge is 0.297 e. The van der Waals surface area contributed by atoms with E-state index in [1.165, 1.54) is 37.3 Å². The molecule has 0 bridgehead atoms. The average molecular weight is 393 g/mol. The molecular weight excluding hydrogens is 382 g/mol. The Hall–Kier alpha value is -2.41. The van der Waals surface area contributed by atoms with Crippen molar-refractivity contribution >= 4 is 32.6 Å². The minimum Gasteiger partial charge on any atom is -0.297 e. The lowest BCUT2D eigenvalue weighted by atomic mass is 10.0. The van der Waals surface area contributed by atoms with E-state index in [1.54, 1.807) is 6.07 Å². The Labute approximate surface area is 143 Å². The summed E-state index contributed by atoms with van der Waals surface area (Å²) in [6.45, 7) is 1.24. The van der Waals surface area contributed by atoms with Crippen LogP contribution in [-0.4, -0.2) is 15.3 Å². The van der Waals surface area contributed by atoms with Crippen molar-refractivity contribution in [2.45, 2.75) is 13.0 Å². The zero-order chi connectivity index (χ0) is 17.4. The second-order valence-corrected chi connectivity index (χ2v) is 6.10. The molecule has 1 aromatic heterocycles. The third-order valence-corrected chi connectivity index (χ3v) is 4.32. The van der Waals surface area contributed by atoms with Crippen molar-refractivity contribution in [3.8, 4) is 0 Å². The van der Waals surface area contributed by atoms with Crippen molar-refractivity contribution < 1.29 is 13.6 Å². The topological polar surface area (TPSA) is 52.0 Å². The third kappa shape index (κ3) is 2.65. The maximum Gasteiger partial charge on any atom is 0.265 e. The van der Waals surface area contributed by atoms with Crippen molar-refractivity contribution in [3.05, 3.63) is 74.7 Å². The van der Waals surface area contributed by atoms with Crippen LogP contribution in [0.1, 0.15) is 18.5 Å². The lowest BCUT2D eigenvalue weighted by Crippen LogP contribution is -2.31. The first-order chi connectivity index (χ1) is 11.4. The number of fused-ring (bicyclic) bond motifs is 1. The molecule has 0 saturated carbocycles. The number of benzene rings is 2. The van der Waals surface area contributed by atoms with Gasteiger partial charge in [-0.05, 0) is 41.1 Å². The molecular formula is C17H11BrF2N2O2. The van der Waals surface area contributed by atoms with Crippen LogP contribution >= 0.6 is 15.9 Å². The lowest BCUT2D eigenvalue weighted by Gasteiger charge is -2.18. The van der Waals surface area contributed by atoms with Crippen molar-refractivity contribution in [1.29, 1.82) is 0 Å². The molecule has 1 unspecified atom stereocenters. The fourth-order valence-electron chi connectivity index (χ4n) is 2.60. The summed E-state index contributed by atoms with van der Waals surface area (Å²) in [5, 5.41) is -0.255. The number of hydrogen-bond donors (Lipinski definition) is 0. The Balaban J connectivity index is 2.33. The van der Waals surface area contributed by atoms with Gasteiger partial charge in [0.1, 0.15) is 17.2 Å². The summed E-state index contributed by atoms with van der Waals surface area (Å²) < 4.78 is 29.5. The Morgan fingerprint density at radius 1 is 1.21 bits per heavy atom. The molecule has 2 aromatic carbocycles. The number of carbonyl (C=O) groups excluding carboxylic acids is 1. The first-order valence-electron chi connectivity index (χ1n) is 7.01. The van der Waals surface area contributed by atoms with Crippen molar-refractivity contribution in [2.75, 3.05) is 0 Å². The SMILES string of the molecule is CC(=O)C(c1ccccc1F)n1cnc2ccc(Br)c(F)c2c1=O. The van der Waals surface area contributed by atoms with Crippen molar-refractivity contribution in [3.63, 3.8) is 0 Å². The monoisotopic (exact) mass is 392 g/mol. The van der Waals surface area contributed by atoms with E-state index in [2.05, 4.69) is 20.9 Å². The predicted molar refractivity (Wildman–Crippen MR) is 88.9 cm³/mol. The van der Waals surface area contributed by atoms with Gasteiger partial charge in [-0.15, -0.1) is 0 Å². The average Bonchev–Trinajstić information content (AvgIpc) is 2.54. The van der Waals surface area contributed by atoms with Gasteiger partial charge in [-0.25, -0.2) is 13.8 Å². The number of carbonyl (C=O) groups is 1. The summed E-state index contributed by atoms with van der Waals surface area (Å²) in [5.41, 5.74) is -0.557. The highest BCUT2D eigenvalue weighted by atomic mass is 79.9. The van der Waals surface area contributed by atoms with Gasteiger partial charge in [0.05, 0.1) is 16.3 Å². The van der Waals surface area contributed by atoms with Gasteiger partial charge in [-0.3, -0.25) is 14.2 Å². The van der Waals surface area contributed by atoms with E-state index in [0.29, 0.717) is 0 Å². The Morgan fingerprint density at radius 3 is 2.58 bits per heavy atom. The zero-order valence-corrected chi connectivity index (χ0v) is 14.0. The fourth-order valence-corrected chi connectivity index (χ4v) is 2.93. The van der Waals surface area contributed by atoms with Crippen LogP contribution in [0, 0.1) is 11.6 Å². The van der Waals surface area contributed by atoms with E-state index in [9.17, 15) is 18.4 Å². The molecule has 1 heterocycles. The summed E-state index contributed by atoms with van der Waals surface area (Å²) in [6.07, 6.45) is 1.14. The van der Waals surface area contributed by atoms with Gasteiger partial charge >= 0.3 is 0 Å². The molecule has 24 heavy (non-hydrogen) atoms. The molecule has 3 rings (SSSR count). The van der Waals surface area contributed by atoms with Gasteiger partial charge in [-0.1, -0.05) is 18.2 Å². The van der Waals surface area contributed by atoms with E-state index in [-0.39, 0.29) is 20.9 Å². The molecule has 0 saturated heterocycles. The van der Waals surface area contributed by atoms with Crippen molar-refractivity contribution in [1.82, 2.24) is 9.55 Å². The van der Waals surface area contributed by atoms with E-state index < -0.39 is 29.0 Å². The second-order valence-electron chi connectivity index (χ2n) is 5.25. The number of Topliss-reactive ketones (excluding diaryl/α,β-unsaturated/α-hetero) is 1. The quantitative estimate of drug-likeness (QED) is 0.683. The van der Waals surface area contributed by atoms with Gasteiger partial charge in [0, 0.05) is 5.56 Å². The van der Waals surface area contributed by atoms with Crippen LogP contribution in [0.15, 0.2) is 52.0 Å². The molecule has 122 valence electrons. The van der Waals surface area contributed by atoms with Gasteiger partial charge in [0.15, 0.2) is 11.6 Å². The highest BCUT2D eigenvalue weighted by Crippen LogP contribution is 2.24. The van der Waals surface area contributed by atoms with Crippen LogP contribution in [0.2, 0.25) is 0 Å². The maximum absolute atomic E-state index is 14.3. The molecule has 7 heteroatoms. The van der Waals surface area contributed by atoms with E-state index in [0.717, 1.165) is 10.9 Å². The van der Waals surface area contributed by atoms with Gasteiger partial charge in [-0.2, -0.15) is 0 Å². The normalized spacial score (nSPS) is 12.3. The van der Waals surface area contributed by atoms with E-state index in [4.69, 9.17) is 0 Å². The van der Waals surface area contributed by atoms with E-state index >= 15 is 0 Å². The minimum atomic E-state index is -1.21. The molecule has 3 aromatic rings. The molecule has 0 fully saturated rings. The molecule has 0 aliphatic carbocycles. The number of rotatable bonds is 3. The molecule has 0 spiro atoms. The molecule has 0 N–H and O–H groups in total. The Bertz CT molecular complexity index is 1020. The zero-order valence-electron chi connectivity index (χ0n) is 12.5. The molecule has 4 nitrogen and oxygen atoms in total. The van der Waals surface area contributed by atoms with Gasteiger partial charge < -0.3 is 0 Å². The van der Waals surface area contributed by atoms with Crippen LogP contribution < -0.4 is 5.56 Å². The molecule has 0 aliphatic rings. The van der Waals surface area contributed by atoms with Crippen LogP contribution in [-0.2, 0) is 4.79 Å². The van der Waals surface area contributed by atoms with Gasteiger partial charge in [0.2, 0.25) is 0 Å². The Morgan fingerprint density at radius 2 is 1.92 bits per heavy atom. The number of halogens is 3.